The van der Waals surface area contributed by atoms with Crippen molar-refractivity contribution in [2.75, 3.05) is 12.3 Å². The van der Waals surface area contributed by atoms with Crippen LogP contribution in [0.4, 0.5) is 10.1 Å². The minimum Gasteiger partial charge on any atom is -0.398 e. The smallest absolute Gasteiger partial charge is 0.240 e. The van der Waals surface area contributed by atoms with E-state index in [1.54, 1.807) is 37.3 Å². The molecule has 3 N–H and O–H groups in total. The van der Waals surface area contributed by atoms with Gasteiger partial charge in [-0.1, -0.05) is 24.3 Å². The van der Waals surface area contributed by atoms with Crippen molar-refractivity contribution in [1.29, 1.82) is 0 Å². The number of nitrogen functional groups attached to an aromatic ring is 1. The van der Waals surface area contributed by atoms with Gasteiger partial charge in [-0.05, 0) is 42.7 Å². The van der Waals surface area contributed by atoms with E-state index in [4.69, 9.17) is 5.73 Å². The minimum absolute atomic E-state index is 0.123. The topological polar surface area (TPSA) is 72.2 Å². The molecule has 112 valence electrons. The van der Waals surface area contributed by atoms with Gasteiger partial charge in [0, 0.05) is 12.2 Å². The van der Waals surface area contributed by atoms with Gasteiger partial charge in [0.05, 0.1) is 4.90 Å². The fraction of sp³-hybridized carbons (Fsp3) is 0.200. The Labute approximate surface area is 123 Å². The van der Waals surface area contributed by atoms with Crippen molar-refractivity contribution in [2.45, 2.75) is 18.2 Å². The lowest BCUT2D eigenvalue weighted by molar-refractivity contribution is 0.577. The molecule has 0 amide bonds. The number of hydrogen-bond acceptors (Lipinski definition) is 3. The van der Waals surface area contributed by atoms with Gasteiger partial charge in [-0.2, -0.15) is 0 Å². The number of nitrogens with one attached hydrogen (secondary N) is 1. The molecule has 0 radical (unpaired) electrons. The van der Waals surface area contributed by atoms with Crippen LogP contribution < -0.4 is 10.5 Å². The zero-order valence-corrected chi connectivity index (χ0v) is 12.5. The third kappa shape index (κ3) is 3.59. The van der Waals surface area contributed by atoms with Crippen LogP contribution in [-0.4, -0.2) is 15.0 Å². The van der Waals surface area contributed by atoms with E-state index >= 15 is 0 Å². The highest BCUT2D eigenvalue weighted by atomic mass is 32.2. The van der Waals surface area contributed by atoms with Gasteiger partial charge in [0.2, 0.25) is 10.0 Å². The van der Waals surface area contributed by atoms with Gasteiger partial charge in [-0.15, -0.1) is 0 Å². The molecule has 0 aliphatic carbocycles. The molecular formula is C15H17FN2O2S. The van der Waals surface area contributed by atoms with E-state index in [0.29, 0.717) is 16.8 Å². The second-order valence-electron chi connectivity index (χ2n) is 4.71. The Morgan fingerprint density at radius 2 is 1.86 bits per heavy atom. The van der Waals surface area contributed by atoms with Crippen molar-refractivity contribution in [3.05, 3.63) is 59.4 Å². The molecule has 2 rings (SSSR count). The summed E-state index contributed by atoms with van der Waals surface area (Å²) in [5.41, 5.74) is 7.12. The maximum Gasteiger partial charge on any atom is 0.240 e. The molecule has 0 heterocycles. The number of anilines is 1. The molecule has 0 saturated heterocycles. The van der Waals surface area contributed by atoms with Crippen LogP contribution in [0, 0.1) is 12.7 Å². The normalized spacial score (nSPS) is 11.5. The van der Waals surface area contributed by atoms with Gasteiger partial charge in [-0.3, -0.25) is 0 Å². The van der Waals surface area contributed by atoms with E-state index in [-0.39, 0.29) is 23.7 Å². The summed E-state index contributed by atoms with van der Waals surface area (Å²) in [5.74, 6) is -0.336. The lowest BCUT2D eigenvalue weighted by Crippen LogP contribution is -2.27. The van der Waals surface area contributed by atoms with Gasteiger partial charge >= 0.3 is 0 Å². The van der Waals surface area contributed by atoms with E-state index in [1.807, 2.05) is 0 Å². The summed E-state index contributed by atoms with van der Waals surface area (Å²) < 4.78 is 40.4. The standard InChI is InChI=1S/C15H17FN2O2S/c1-11-14(17)7-4-8-15(11)21(19,20)18-10-9-12-5-2-3-6-13(12)16/h2-8,18H,9-10,17H2,1H3. The van der Waals surface area contributed by atoms with Gasteiger partial charge < -0.3 is 5.73 Å². The third-order valence-corrected chi connectivity index (χ3v) is 4.87. The van der Waals surface area contributed by atoms with E-state index < -0.39 is 10.0 Å². The van der Waals surface area contributed by atoms with Crippen LogP contribution in [0.1, 0.15) is 11.1 Å². The van der Waals surface area contributed by atoms with Crippen molar-refractivity contribution in [3.63, 3.8) is 0 Å². The van der Waals surface area contributed by atoms with Gasteiger partial charge in [0.15, 0.2) is 0 Å². The highest BCUT2D eigenvalue weighted by Crippen LogP contribution is 2.20. The fourth-order valence-electron chi connectivity index (χ4n) is 2.02. The molecule has 21 heavy (non-hydrogen) atoms. The number of sulfonamides is 1. The Morgan fingerprint density at radius 3 is 2.57 bits per heavy atom. The van der Waals surface area contributed by atoms with Gasteiger partial charge in [-0.25, -0.2) is 17.5 Å². The van der Waals surface area contributed by atoms with Crippen molar-refractivity contribution < 1.29 is 12.8 Å². The fourth-order valence-corrected chi connectivity index (χ4v) is 3.33. The second kappa shape index (κ2) is 6.24. The zero-order chi connectivity index (χ0) is 15.5. The van der Waals surface area contributed by atoms with E-state index in [9.17, 15) is 12.8 Å². The molecule has 0 spiro atoms. The summed E-state index contributed by atoms with van der Waals surface area (Å²) in [6.07, 6.45) is 0.285. The Bertz CT molecular complexity index is 745. The molecule has 0 atom stereocenters. The predicted molar refractivity (Wildman–Crippen MR) is 80.9 cm³/mol. The van der Waals surface area contributed by atoms with Crippen molar-refractivity contribution in [1.82, 2.24) is 4.72 Å². The number of halogens is 1. The Balaban J connectivity index is 2.09. The summed E-state index contributed by atoms with van der Waals surface area (Å²) in [5, 5.41) is 0. The number of nitrogens with two attached hydrogens (primary N) is 1. The van der Waals surface area contributed by atoms with Crippen LogP contribution in [-0.2, 0) is 16.4 Å². The first-order valence-corrected chi connectivity index (χ1v) is 7.98. The molecule has 4 nitrogen and oxygen atoms in total. The van der Waals surface area contributed by atoms with Crippen LogP contribution in [0.25, 0.3) is 0 Å². The van der Waals surface area contributed by atoms with Crippen LogP contribution in [0.5, 0.6) is 0 Å². The highest BCUT2D eigenvalue weighted by Gasteiger charge is 2.17. The molecule has 0 aromatic heterocycles. The van der Waals surface area contributed by atoms with Crippen LogP contribution >= 0.6 is 0 Å². The Morgan fingerprint density at radius 1 is 1.14 bits per heavy atom. The summed E-state index contributed by atoms with van der Waals surface area (Å²) in [4.78, 5) is 0.149. The quantitative estimate of drug-likeness (QED) is 0.832. The summed E-state index contributed by atoms with van der Waals surface area (Å²) in [6.45, 7) is 1.78. The molecule has 6 heteroatoms. The third-order valence-electron chi connectivity index (χ3n) is 3.26. The second-order valence-corrected chi connectivity index (χ2v) is 6.44. The average molecular weight is 308 g/mol. The number of rotatable bonds is 5. The van der Waals surface area contributed by atoms with Crippen molar-refractivity contribution in [3.8, 4) is 0 Å². The highest BCUT2D eigenvalue weighted by molar-refractivity contribution is 7.89. The van der Waals surface area contributed by atoms with Gasteiger partial charge in [0.1, 0.15) is 5.82 Å². The van der Waals surface area contributed by atoms with Gasteiger partial charge in [0.25, 0.3) is 0 Å². The molecule has 0 aliphatic rings. The molecule has 0 aliphatic heterocycles. The lowest BCUT2D eigenvalue weighted by Gasteiger charge is -2.11. The Hall–Kier alpha value is -1.92. The zero-order valence-electron chi connectivity index (χ0n) is 11.6. The minimum atomic E-state index is -3.65. The molecule has 0 fully saturated rings. The largest absolute Gasteiger partial charge is 0.398 e. The van der Waals surface area contributed by atoms with Crippen molar-refractivity contribution in [2.24, 2.45) is 0 Å². The SMILES string of the molecule is Cc1c(N)cccc1S(=O)(=O)NCCc1ccccc1F. The number of benzene rings is 2. The monoisotopic (exact) mass is 308 g/mol. The van der Waals surface area contributed by atoms with Crippen LogP contribution in [0.15, 0.2) is 47.4 Å². The van der Waals surface area contributed by atoms with E-state index in [2.05, 4.69) is 4.72 Å². The summed E-state index contributed by atoms with van der Waals surface area (Å²) in [6, 6.07) is 11.0. The first-order chi connectivity index (χ1) is 9.92. The first kappa shape index (κ1) is 15.5. The summed E-state index contributed by atoms with van der Waals surface area (Å²) >= 11 is 0. The van der Waals surface area contributed by atoms with Crippen LogP contribution in [0.2, 0.25) is 0 Å². The molecule has 0 saturated carbocycles. The molecule has 2 aromatic carbocycles. The van der Waals surface area contributed by atoms with E-state index in [0.717, 1.165) is 0 Å². The first-order valence-electron chi connectivity index (χ1n) is 6.50. The van der Waals surface area contributed by atoms with Crippen LogP contribution in [0.3, 0.4) is 0 Å². The molecular weight excluding hydrogens is 291 g/mol. The van der Waals surface area contributed by atoms with E-state index in [1.165, 1.54) is 12.1 Å². The maximum atomic E-state index is 13.5. The summed E-state index contributed by atoms with van der Waals surface area (Å²) in [7, 11) is -3.65. The van der Waals surface area contributed by atoms with Crippen molar-refractivity contribution >= 4 is 15.7 Å². The Kier molecular flexibility index (Phi) is 4.59. The average Bonchev–Trinajstić information content (AvgIpc) is 2.43. The maximum absolute atomic E-state index is 13.5. The predicted octanol–water partition coefficient (Wildman–Crippen LogP) is 2.24. The lowest BCUT2D eigenvalue weighted by atomic mass is 10.1. The molecule has 0 unspecified atom stereocenters. The molecule has 0 bridgehead atoms. The number of hydrogen-bond donors (Lipinski definition) is 2. The molecule has 2 aromatic rings.